The first-order chi connectivity index (χ1) is 26.4. The molecule has 3 aliphatic rings. The molecule has 282 valence electrons. The Morgan fingerprint density at radius 2 is 1.73 bits per heavy atom. The fraction of sp³-hybridized carbons (Fsp3) is 0.316. The maximum Gasteiger partial charge on any atom is 0.263 e. The molecule has 0 bridgehead atoms. The average molecular weight is 814 g/mol. The number of aryl methyl sites for hydroxylation is 1. The number of fused-ring (bicyclic) bond motifs is 2. The van der Waals surface area contributed by atoms with Crippen molar-refractivity contribution in [3.63, 3.8) is 0 Å². The molecule has 2 aromatic carbocycles. The highest BCUT2D eigenvalue weighted by Crippen LogP contribution is 2.35. The molecule has 3 aromatic heterocycles. The van der Waals surface area contributed by atoms with Crippen LogP contribution in [0, 0.1) is 18.6 Å². The molecule has 5 aromatic rings. The van der Waals surface area contributed by atoms with E-state index in [4.69, 9.17) is 0 Å². The van der Waals surface area contributed by atoms with Gasteiger partial charge in [0.1, 0.15) is 28.9 Å². The van der Waals surface area contributed by atoms with Crippen LogP contribution < -0.4 is 15.5 Å². The van der Waals surface area contributed by atoms with Crippen LogP contribution in [0.1, 0.15) is 64.8 Å². The molecule has 6 heterocycles. The van der Waals surface area contributed by atoms with E-state index in [1.807, 2.05) is 30.5 Å². The topological polar surface area (TPSA) is 159 Å². The highest BCUT2D eigenvalue weighted by Gasteiger charge is 2.45. The summed E-state index contributed by atoms with van der Waals surface area (Å²) in [6.45, 7) is 9.16. The SMILES string of the molecule is Cc1nc2c(F)cc(-c3nc(Nc4ccc(N5CCN(Cc6cc(Br)c7c(c6)C(=O)N(C6CCC(=O)NC6=O)C7=O)CC5)cn4)ncc3F)cc2n1C(C)C. The maximum atomic E-state index is 15.1. The molecule has 8 rings (SSSR count). The molecule has 55 heavy (non-hydrogen) atoms. The number of carbonyl (C=O) groups is 4. The number of rotatable bonds is 8. The Morgan fingerprint density at radius 1 is 0.945 bits per heavy atom. The molecular formula is C38H35BrF2N10O4. The number of aromatic nitrogens is 5. The molecule has 1 unspecified atom stereocenters. The van der Waals surface area contributed by atoms with Gasteiger partial charge in [0, 0.05) is 55.2 Å². The van der Waals surface area contributed by atoms with Gasteiger partial charge in [-0.1, -0.05) is 0 Å². The minimum absolute atomic E-state index is 0.0215. The van der Waals surface area contributed by atoms with E-state index in [9.17, 15) is 19.2 Å². The fourth-order valence-electron chi connectivity index (χ4n) is 7.57. The van der Waals surface area contributed by atoms with Crippen LogP contribution in [-0.2, 0) is 16.1 Å². The number of piperazine rings is 1. The predicted molar refractivity (Wildman–Crippen MR) is 202 cm³/mol. The van der Waals surface area contributed by atoms with E-state index in [-0.39, 0.29) is 52.7 Å². The number of hydrogen-bond acceptors (Lipinski definition) is 11. The lowest BCUT2D eigenvalue weighted by Crippen LogP contribution is -2.54. The number of imidazole rings is 1. The van der Waals surface area contributed by atoms with Crippen molar-refractivity contribution in [1.29, 1.82) is 0 Å². The van der Waals surface area contributed by atoms with Gasteiger partial charge in [0.25, 0.3) is 11.8 Å². The lowest BCUT2D eigenvalue weighted by molar-refractivity contribution is -0.136. The lowest BCUT2D eigenvalue weighted by atomic mass is 10.0. The predicted octanol–water partition coefficient (Wildman–Crippen LogP) is 5.29. The van der Waals surface area contributed by atoms with Gasteiger partial charge < -0.3 is 14.8 Å². The van der Waals surface area contributed by atoms with Crippen molar-refractivity contribution >= 4 is 68.0 Å². The summed E-state index contributed by atoms with van der Waals surface area (Å²) < 4.78 is 32.5. The highest BCUT2D eigenvalue weighted by molar-refractivity contribution is 9.10. The van der Waals surface area contributed by atoms with E-state index in [0.29, 0.717) is 41.3 Å². The van der Waals surface area contributed by atoms with Gasteiger partial charge in [-0.2, -0.15) is 0 Å². The van der Waals surface area contributed by atoms with Gasteiger partial charge in [0.15, 0.2) is 11.6 Å². The van der Waals surface area contributed by atoms with Crippen LogP contribution in [0.3, 0.4) is 0 Å². The van der Waals surface area contributed by atoms with Crippen molar-refractivity contribution in [3.8, 4) is 11.3 Å². The molecule has 0 saturated carbocycles. The van der Waals surface area contributed by atoms with E-state index in [2.05, 4.69) is 56.3 Å². The van der Waals surface area contributed by atoms with Crippen molar-refractivity contribution in [2.45, 2.75) is 52.2 Å². The van der Waals surface area contributed by atoms with Gasteiger partial charge in [-0.15, -0.1) is 0 Å². The Kier molecular flexibility index (Phi) is 9.37. The Morgan fingerprint density at radius 3 is 2.44 bits per heavy atom. The molecular weight excluding hydrogens is 778 g/mol. The minimum Gasteiger partial charge on any atom is -0.368 e. The average Bonchev–Trinajstić information content (AvgIpc) is 3.62. The number of pyridine rings is 1. The number of piperidine rings is 1. The molecule has 0 spiro atoms. The number of halogens is 3. The second-order valence-electron chi connectivity index (χ2n) is 14.1. The summed E-state index contributed by atoms with van der Waals surface area (Å²) in [4.78, 5) is 73.5. The third kappa shape index (κ3) is 6.71. The largest absolute Gasteiger partial charge is 0.368 e. The first kappa shape index (κ1) is 36.3. The molecule has 1 atom stereocenters. The lowest BCUT2D eigenvalue weighted by Gasteiger charge is -2.36. The molecule has 0 radical (unpaired) electrons. The Hall–Kier alpha value is -5.68. The van der Waals surface area contributed by atoms with Crippen LogP contribution in [0.15, 0.2) is 53.3 Å². The standard InChI is InChI=1S/C38H35BrF2N10O4/c1-19(2)50-20(3)44-34-26(40)14-22(15-29(34)50)33-27(41)17-43-38(47-33)45-30-6-4-23(16-42-30)49-10-8-48(9-11-49)18-21-12-24-32(25(39)13-21)37(55)51(36(24)54)28-5-7-31(52)46-35(28)53/h4,6,12-17,19,28H,5,7-11,18H2,1-3H3,(H,46,52,53)(H,42,43,45,47). The van der Waals surface area contributed by atoms with Gasteiger partial charge >= 0.3 is 0 Å². The van der Waals surface area contributed by atoms with Gasteiger partial charge in [0.05, 0.1) is 34.7 Å². The van der Waals surface area contributed by atoms with E-state index in [0.717, 1.165) is 35.4 Å². The van der Waals surface area contributed by atoms with Crippen molar-refractivity contribution in [3.05, 3.63) is 87.4 Å². The van der Waals surface area contributed by atoms with Crippen LogP contribution in [-0.4, -0.2) is 90.2 Å². The Balaban J connectivity index is 0.905. The van der Waals surface area contributed by atoms with Gasteiger partial charge in [-0.25, -0.2) is 28.7 Å². The summed E-state index contributed by atoms with van der Waals surface area (Å²) in [6, 6.07) is 9.15. The molecule has 2 fully saturated rings. The number of amides is 4. The molecule has 0 aliphatic carbocycles. The number of carbonyl (C=O) groups excluding carboxylic acids is 4. The number of hydrogen-bond donors (Lipinski definition) is 2. The fourth-order valence-corrected chi connectivity index (χ4v) is 8.24. The van der Waals surface area contributed by atoms with Crippen LogP contribution in [0.25, 0.3) is 22.3 Å². The van der Waals surface area contributed by atoms with Crippen molar-refractivity contribution in [2.24, 2.45) is 0 Å². The second-order valence-corrected chi connectivity index (χ2v) is 14.9. The number of imide groups is 2. The summed E-state index contributed by atoms with van der Waals surface area (Å²) in [5.74, 6) is -2.21. The molecule has 3 aliphatic heterocycles. The zero-order valence-corrected chi connectivity index (χ0v) is 31.7. The molecule has 17 heteroatoms. The summed E-state index contributed by atoms with van der Waals surface area (Å²) in [6.07, 6.45) is 2.92. The smallest absolute Gasteiger partial charge is 0.263 e. The molecule has 4 amide bonds. The quantitative estimate of drug-likeness (QED) is 0.196. The van der Waals surface area contributed by atoms with E-state index >= 15 is 8.78 Å². The number of benzene rings is 2. The second kappa shape index (κ2) is 14.2. The van der Waals surface area contributed by atoms with Crippen LogP contribution in [0.4, 0.5) is 26.2 Å². The third-order valence-electron chi connectivity index (χ3n) is 10.1. The summed E-state index contributed by atoms with van der Waals surface area (Å²) in [7, 11) is 0. The van der Waals surface area contributed by atoms with Crippen molar-refractivity contribution in [2.75, 3.05) is 36.4 Å². The summed E-state index contributed by atoms with van der Waals surface area (Å²) >= 11 is 3.47. The zero-order chi connectivity index (χ0) is 38.7. The van der Waals surface area contributed by atoms with Crippen molar-refractivity contribution in [1.82, 2.24) is 39.6 Å². The monoisotopic (exact) mass is 812 g/mol. The van der Waals surface area contributed by atoms with Crippen LogP contribution >= 0.6 is 15.9 Å². The van der Waals surface area contributed by atoms with E-state index in [1.54, 1.807) is 31.3 Å². The van der Waals surface area contributed by atoms with E-state index in [1.165, 1.54) is 6.07 Å². The number of anilines is 3. The minimum atomic E-state index is -1.03. The molecule has 2 N–H and O–H groups in total. The third-order valence-corrected chi connectivity index (χ3v) is 10.8. The van der Waals surface area contributed by atoms with E-state index < -0.39 is 41.3 Å². The van der Waals surface area contributed by atoms with Gasteiger partial charge in [0.2, 0.25) is 17.8 Å². The first-order valence-electron chi connectivity index (χ1n) is 17.8. The normalized spacial score (nSPS) is 17.8. The number of nitrogens with zero attached hydrogens (tertiary/aromatic N) is 8. The zero-order valence-electron chi connectivity index (χ0n) is 30.1. The summed E-state index contributed by atoms with van der Waals surface area (Å²) in [5.41, 5.74) is 3.20. The van der Waals surface area contributed by atoms with Gasteiger partial charge in [-0.05, 0) is 85.1 Å². The number of nitrogens with one attached hydrogen (secondary N) is 2. The van der Waals surface area contributed by atoms with Crippen LogP contribution in [0.5, 0.6) is 0 Å². The maximum absolute atomic E-state index is 15.1. The Labute approximate surface area is 322 Å². The first-order valence-corrected chi connectivity index (χ1v) is 18.6. The molecule has 14 nitrogen and oxygen atoms in total. The summed E-state index contributed by atoms with van der Waals surface area (Å²) in [5, 5.41) is 5.24. The van der Waals surface area contributed by atoms with Crippen molar-refractivity contribution < 1.29 is 28.0 Å². The van der Waals surface area contributed by atoms with Gasteiger partial charge in [-0.3, -0.25) is 34.3 Å². The van der Waals surface area contributed by atoms with Crippen LogP contribution in [0.2, 0.25) is 0 Å². The highest BCUT2D eigenvalue weighted by atomic mass is 79.9. The molecule has 2 saturated heterocycles. The Bertz CT molecular complexity index is 2410.